The molecule has 18 heavy (non-hydrogen) atoms. The number of carboxylic acid groups (broad SMARTS) is 1. The first-order chi connectivity index (χ1) is 8.40. The highest BCUT2D eigenvalue weighted by Gasteiger charge is 2.17. The second-order valence-corrected chi connectivity index (χ2v) is 5.39. The SMILES string of the molecule is Cc1ccc(CN[C@@H](CC(C)C)C(=O)O)cc1Cl. The molecule has 0 aliphatic heterocycles. The van der Waals surface area contributed by atoms with Crippen LogP contribution in [0.15, 0.2) is 18.2 Å². The lowest BCUT2D eigenvalue weighted by atomic mass is 10.0. The number of nitrogens with one attached hydrogen (secondary N) is 1. The highest BCUT2D eigenvalue weighted by molar-refractivity contribution is 6.31. The Morgan fingerprint density at radius 2 is 2.11 bits per heavy atom. The molecule has 1 atom stereocenters. The van der Waals surface area contributed by atoms with Gasteiger partial charge in [-0.05, 0) is 36.5 Å². The van der Waals surface area contributed by atoms with Crippen LogP contribution in [0, 0.1) is 12.8 Å². The van der Waals surface area contributed by atoms with Crippen LogP contribution in [0.4, 0.5) is 0 Å². The van der Waals surface area contributed by atoms with Gasteiger partial charge in [-0.15, -0.1) is 0 Å². The van der Waals surface area contributed by atoms with Crippen molar-refractivity contribution in [3.8, 4) is 0 Å². The molecule has 0 saturated carbocycles. The average Bonchev–Trinajstić information content (AvgIpc) is 2.28. The first kappa shape index (κ1) is 15.0. The minimum atomic E-state index is -0.804. The summed E-state index contributed by atoms with van der Waals surface area (Å²) in [7, 11) is 0. The first-order valence-corrected chi connectivity index (χ1v) is 6.49. The third-order valence-electron chi connectivity index (χ3n) is 2.79. The Kier molecular flexibility index (Phi) is 5.63. The molecule has 0 amide bonds. The Balaban J connectivity index is 2.61. The maximum atomic E-state index is 11.1. The van der Waals surface area contributed by atoms with E-state index in [-0.39, 0.29) is 0 Å². The summed E-state index contributed by atoms with van der Waals surface area (Å²) in [5.74, 6) is -0.456. The number of carboxylic acids is 1. The van der Waals surface area contributed by atoms with Crippen molar-refractivity contribution in [1.29, 1.82) is 0 Å². The van der Waals surface area contributed by atoms with Gasteiger partial charge in [0.1, 0.15) is 6.04 Å². The monoisotopic (exact) mass is 269 g/mol. The molecule has 0 heterocycles. The number of carbonyl (C=O) groups is 1. The number of aliphatic carboxylic acids is 1. The fourth-order valence-corrected chi connectivity index (χ4v) is 1.93. The topological polar surface area (TPSA) is 49.3 Å². The lowest BCUT2D eigenvalue weighted by Crippen LogP contribution is -2.37. The van der Waals surface area contributed by atoms with Gasteiger partial charge >= 0.3 is 5.97 Å². The molecule has 0 bridgehead atoms. The quantitative estimate of drug-likeness (QED) is 0.834. The molecule has 1 aromatic rings. The average molecular weight is 270 g/mol. The van der Waals surface area contributed by atoms with Gasteiger partial charge in [-0.25, -0.2) is 0 Å². The van der Waals surface area contributed by atoms with Crippen molar-refractivity contribution >= 4 is 17.6 Å². The molecule has 0 spiro atoms. The lowest BCUT2D eigenvalue weighted by Gasteiger charge is -2.16. The van der Waals surface area contributed by atoms with E-state index in [4.69, 9.17) is 16.7 Å². The first-order valence-electron chi connectivity index (χ1n) is 6.11. The Hall–Kier alpha value is -1.06. The minimum Gasteiger partial charge on any atom is -0.480 e. The molecular formula is C14H20ClNO2. The number of halogens is 1. The van der Waals surface area contributed by atoms with Crippen LogP contribution in [0.25, 0.3) is 0 Å². The molecule has 0 aliphatic carbocycles. The number of benzene rings is 1. The molecule has 0 aromatic heterocycles. The summed E-state index contributed by atoms with van der Waals surface area (Å²) in [5, 5.41) is 12.9. The van der Waals surface area contributed by atoms with Crippen molar-refractivity contribution < 1.29 is 9.90 Å². The molecule has 3 nitrogen and oxygen atoms in total. The summed E-state index contributed by atoms with van der Waals surface area (Å²) in [4.78, 5) is 11.1. The zero-order valence-corrected chi connectivity index (χ0v) is 11.8. The van der Waals surface area contributed by atoms with Crippen molar-refractivity contribution in [3.63, 3.8) is 0 Å². The molecule has 2 N–H and O–H groups in total. The minimum absolute atomic E-state index is 0.347. The van der Waals surface area contributed by atoms with Crippen LogP contribution in [0.2, 0.25) is 5.02 Å². The molecule has 0 fully saturated rings. The van der Waals surface area contributed by atoms with Gasteiger partial charge in [0.2, 0.25) is 0 Å². The van der Waals surface area contributed by atoms with E-state index in [1.807, 2.05) is 39.0 Å². The normalized spacial score (nSPS) is 12.7. The van der Waals surface area contributed by atoms with Gasteiger partial charge in [-0.2, -0.15) is 0 Å². The van der Waals surface area contributed by atoms with Crippen LogP contribution >= 0.6 is 11.6 Å². The van der Waals surface area contributed by atoms with E-state index < -0.39 is 12.0 Å². The van der Waals surface area contributed by atoms with Crippen LogP contribution < -0.4 is 5.32 Å². The molecule has 0 radical (unpaired) electrons. The predicted molar refractivity (Wildman–Crippen MR) is 73.9 cm³/mol. The molecule has 1 rings (SSSR count). The lowest BCUT2D eigenvalue weighted by molar-refractivity contribution is -0.140. The second-order valence-electron chi connectivity index (χ2n) is 4.98. The van der Waals surface area contributed by atoms with Crippen LogP contribution in [-0.2, 0) is 11.3 Å². The molecule has 1 aromatic carbocycles. The third kappa shape index (κ3) is 4.67. The van der Waals surface area contributed by atoms with Gasteiger partial charge in [0, 0.05) is 11.6 Å². The zero-order chi connectivity index (χ0) is 13.7. The summed E-state index contributed by atoms with van der Waals surface area (Å²) in [5.41, 5.74) is 2.03. The molecule has 4 heteroatoms. The van der Waals surface area contributed by atoms with Crippen LogP contribution in [0.3, 0.4) is 0 Å². The van der Waals surface area contributed by atoms with Gasteiger partial charge in [-0.3, -0.25) is 4.79 Å². The number of hydrogen-bond acceptors (Lipinski definition) is 2. The molecule has 0 unspecified atom stereocenters. The molecule has 0 aliphatic rings. The largest absolute Gasteiger partial charge is 0.480 e. The van der Waals surface area contributed by atoms with E-state index in [1.54, 1.807) is 0 Å². The van der Waals surface area contributed by atoms with Gasteiger partial charge in [-0.1, -0.05) is 37.6 Å². The third-order valence-corrected chi connectivity index (χ3v) is 3.20. The number of hydrogen-bond donors (Lipinski definition) is 2. The predicted octanol–water partition coefficient (Wildman–Crippen LogP) is 3.24. The van der Waals surface area contributed by atoms with Crippen LogP contribution in [0.1, 0.15) is 31.4 Å². The zero-order valence-electron chi connectivity index (χ0n) is 11.0. The molecular weight excluding hydrogens is 250 g/mol. The Morgan fingerprint density at radius 3 is 2.61 bits per heavy atom. The summed E-state index contributed by atoms with van der Waals surface area (Å²) in [6.07, 6.45) is 0.620. The molecule has 0 saturated heterocycles. The van der Waals surface area contributed by atoms with Crippen molar-refractivity contribution in [2.75, 3.05) is 0 Å². The smallest absolute Gasteiger partial charge is 0.320 e. The van der Waals surface area contributed by atoms with E-state index in [1.165, 1.54) is 0 Å². The van der Waals surface area contributed by atoms with Crippen molar-refractivity contribution in [1.82, 2.24) is 5.32 Å². The second kappa shape index (κ2) is 6.76. The summed E-state index contributed by atoms with van der Waals surface area (Å²) < 4.78 is 0. The van der Waals surface area contributed by atoms with Gasteiger partial charge in [0.25, 0.3) is 0 Å². The van der Waals surface area contributed by atoms with Crippen molar-refractivity contribution in [2.45, 2.75) is 39.8 Å². The Bertz CT molecular complexity index is 418. The van der Waals surface area contributed by atoms with E-state index in [0.29, 0.717) is 23.9 Å². The Morgan fingerprint density at radius 1 is 1.44 bits per heavy atom. The van der Waals surface area contributed by atoms with Gasteiger partial charge in [0.05, 0.1) is 0 Å². The van der Waals surface area contributed by atoms with Crippen LogP contribution in [-0.4, -0.2) is 17.1 Å². The highest BCUT2D eigenvalue weighted by Crippen LogP contribution is 2.17. The van der Waals surface area contributed by atoms with Crippen molar-refractivity contribution in [3.05, 3.63) is 34.3 Å². The Labute approximate surface area is 113 Å². The fourth-order valence-electron chi connectivity index (χ4n) is 1.73. The fraction of sp³-hybridized carbons (Fsp3) is 0.500. The van der Waals surface area contributed by atoms with E-state index in [2.05, 4.69) is 5.32 Å². The van der Waals surface area contributed by atoms with E-state index in [0.717, 1.165) is 11.1 Å². The van der Waals surface area contributed by atoms with E-state index >= 15 is 0 Å². The maximum absolute atomic E-state index is 11.1. The van der Waals surface area contributed by atoms with Gasteiger partial charge in [0.15, 0.2) is 0 Å². The number of rotatable bonds is 6. The number of aryl methyl sites for hydroxylation is 1. The highest BCUT2D eigenvalue weighted by atomic mass is 35.5. The summed E-state index contributed by atoms with van der Waals surface area (Å²) in [6, 6.07) is 5.27. The van der Waals surface area contributed by atoms with Crippen LogP contribution in [0.5, 0.6) is 0 Å². The van der Waals surface area contributed by atoms with Crippen molar-refractivity contribution in [2.24, 2.45) is 5.92 Å². The molecule has 100 valence electrons. The van der Waals surface area contributed by atoms with E-state index in [9.17, 15) is 4.79 Å². The summed E-state index contributed by atoms with van der Waals surface area (Å²) >= 11 is 6.03. The maximum Gasteiger partial charge on any atom is 0.320 e. The summed E-state index contributed by atoms with van der Waals surface area (Å²) in [6.45, 7) is 6.49. The van der Waals surface area contributed by atoms with Gasteiger partial charge < -0.3 is 10.4 Å². The standard InChI is InChI=1S/C14H20ClNO2/c1-9(2)6-13(14(17)18)16-8-11-5-4-10(3)12(15)7-11/h4-5,7,9,13,16H,6,8H2,1-3H3,(H,17,18)/t13-/m0/s1.